The van der Waals surface area contributed by atoms with Crippen molar-refractivity contribution in [1.82, 2.24) is 0 Å². The zero-order valence-electron chi connectivity index (χ0n) is 12.1. The lowest BCUT2D eigenvalue weighted by atomic mass is 10.1. The Kier molecular flexibility index (Phi) is 12.5. The largest absolute Gasteiger partial charge is 0.306 e. The van der Waals surface area contributed by atoms with E-state index < -0.39 is 11.7 Å². The summed E-state index contributed by atoms with van der Waals surface area (Å²) in [5, 5.41) is 8.96. The first-order chi connectivity index (χ1) is 9.16. The first-order valence-corrected chi connectivity index (χ1v) is 7.45. The van der Waals surface area contributed by atoms with Gasteiger partial charge in [-0.05, 0) is 6.42 Å². The fourth-order valence-corrected chi connectivity index (χ4v) is 2.01. The molecule has 0 bridgehead atoms. The molecule has 5 nitrogen and oxygen atoms in total. The number of carbonyl (C=O) groups is 1. The molecule has 112 valence electrons. The van der Waals surface area contributed by atoms with E-state index in [0.717, 1.165) is 19.3 Å². The SMILES string of the molecule is CCCCCCCCCCCCC(=O)CO[N+](=O)[O-]. The zero-order valence-corrected chi connectivity index (χ0v) is 12.1. The fourth-order valence-electron chi connectivity index (χ4n) is 2.01. The van der Waals surface area contributed by atoms with Crippen LogP contribution < -0.4 is 0 Å². The maximum absolute atomic E-state index is 11.2. The molecule has 0 aliphatic rings. The Hall–Kier alpha value is -1.13. The van der Waals surface area contributed by atoms with Crippen molar-refractivity contribution in [1.29, 1.82) is 0 Å². The number of nitrogens with zero attached hydrogens (tertiary/aromatic N) is 1. The lowest BCUT2D eigenvalue weighted by Crippen LogP contribution is -2.12. The Bertz CT molecular complexity index is 244. The average molecular weight is 273 g/mol. The van der Waals surface area contributed by atoms with Crippen molar-refractivity contribution in [2.75, 3.05) is 6.61 Å². The van der Waals surface area contributed by atoms with Gasteiger partial charge in [-0.25, -0.2) is 0 Å². The van der Waals surface area contributed by atoms with Crippen molar-refractivity contribution in [2.24, 2.45) is 0 Å². The van der Waals surface area contributed by atoms with Crippen molar-refractivity contribution >= 4 is 5.78 Å². The maximum atomic E-state index is 11.2. The molecule has 0 N–H and O–H groups in total. The van der Waals surface area contributed by atoms with Crippen LogP contribution in [0.25, 0.3) is 0 Å². The van der Waals surface area contributed by atoms with Gasteiger partial charge in [0.15, 0.2) is 12.4 Å². The van der Waals surface area contributed by atoms with E-state index in [0.29, 0.717) is 6.42 Å². The van der Waals surface area contributed by atoms with E-state index in [4.69, 9.17) is 0 Å². The topological polar surface area (TPSA) is 69.4 Å². The van der Waals surface area contributed by atoms with Gasteiger partial charge in [0.1, 0.15) is 0 Å². The quantitative estimate of drug-likeness (QED) is 0.272. The van der Waals surface area contributed by atoms with Crippen molar-refractivity contribution in [2.45, 2.75) is 77.6 Å². The summed E-state index contributed by atoms with van der Waals surface area (Å²) in [6.45, 7) is 1.82. The molecule has 0 radical (unpaired) electrons. The molecule has 0 saturated heterocycles. The van der Waals surface area contributed by atoms with Crippen LogP contribution in [0.15, 0.2) is 0 Å². The van der Waals surface area contributed by atoms with Crippen molar-refractivity contribution in [3.63, 3.8) is 0 Å². The summed E-state index contributed by atoms with van der Waals surface area (Å²) >= 11 is 0. The van der Waals surface area contributed by atoms with Gasteiger partial charge in [-0.3, -0.25) is 4.79 Å². The lowest BCUT2D eigenvalue weighted by Gasteiger charge is -2.02. The molecule has 0 aliphatic heterocycles. The first-order valence-electron chi connectivity index (χ1n) is 7.45. The molecule has 19 heavy (non-hydrogen) atoms. The number of hydrogen-bond donors (Lipinski definition) is 0. The van der Waals surface area contributed by atoms with Gasteiger partial charge in [0, 0.05) is 6.42 Å². The summed E-state index contributed by atoms with van der Waals surface area (Å²) in [4.78, 5) is 25.0. The van der Waals surface area contributed by atoms with Gasteiger partial charge in [-0.15, -0.1) is 10.1 Å². The molecule has 0 amide bonds. The highest BCUT2D eigenvalue weighted by Crippen LogP contribution is 2.11. The Morgan fingerprint density at radius 1 is 0.947 bits per heavy atom. The minimum absolute atomic E-state index is 0.184. The Morgan fingerprint density at radius 2 is 1.42 bits per heavy atom. The van der Waals surface area contributed by atoms with Crippen LogP contribution in [0, 0.1) is 10.1 Å². The predicted octanol–water partition coefficient (Wildman–Crippen LogP) is 4.07. The highest BCUT2D eigenvalue weighted by Gasteiger charge is 2.04. The van der Waals surface area contributed by atoms with E-state index in [9.17, 15) is 14.9 Å². The number of ketones is 1. The second-order valence-electron chi connectivity index (χ2n) is 4.97. The minimum Gasteiger partial charge on any atom is -0.306 e. The number of unbranched alkanes of at least 4 members (excludes halogenated alkanes) is 9. The second kappa shape index (κ2) is 13.3. The molecule has 0 heterocycles. The Labute approximate surface area is 115 Å². The number of Topliss-reactive ketones (excluding diaryl/α,β-unsaturated/α-hetero) is 1. The third-order valence-corrected chi connectivity index (χ3v) is 3.14. The van der Waals surface area contributed by atoms with Crippen LogP contribution in [0.1, 0.15) is 77.6 Å². The highest BCUT2D eigenvalue weighted by atomic mass is 16.9. The molecule has 0 atom stereocenters. The van der Waals surface area contributed by atoms with Crippen molar-refractivity contribution in [3.05, 3.63) is 10.1 Å². The van der Waals surface area contributed by atoms with E-state index in [1.807, 2.05) is 0 Å². The zero-order chi connectivity index (χ0) is 14.3. The van der Waals surface area contributed by atoms with Crippen molar-refractivity contribution in [3.8, 4) is 0 Å². The predicted molar refractivity (Wildman–Crippen MR) is 74.4 cm³/mol. The summed E-state index contributed by atoms with van der Waals surface area (Å²) in [6, 6.07) is 0. The normalized spacial score (nSPS) is 10.4. The molecular weight excluding hydrogens is 246 g/mol. The van der Waals surface area contributed by atoms with Gasteiger partial charge in [-0.1, -0.05) is 64.7 Å². The van der Waals surface area contributed by atoms with E-state index in [2.05, 4.69) is 11.8 Å². The summed E-state index contributed by atoms with van der Waals surface area (Å²) < 4.78 is 0. The second-order valence-corrected chi connectivity index (χ2v) is 4.97. The number of carbonyl (C=O) groups excluding carboxylic acids is 1. The third kappa shape index (κ3) is 14.8. The summed E-state index contributed by atoms with van der Waals surface area (Å²) in [5.41, 5.74) is 0. The number of rotatable bonds is 14. The van der Waals surface area contributed by atoms with E-state index in [1.54, 1.807) is 0 Å². The van der Waals surface area contributed by atoms with Gasteiger partial charge in [0.05, 0.1) is 0 Å². The van der Waals surface area contributed by atoms with Crippen LogP contribution in [-0.2, 0) is 9.63 Å². The maximum Gasteiger partial charge on any atom is 0.294 e. The standard InChI is InChI=1S/C14H27NO4/c1-2-3-4-5-6-7-8-9-10-11-12-14(16)13-19-15(17)18/h2-13H2,1H3. The lowest BCUT2D eigenvalue weighted by molar-refractivity contribution is -0.754. The van der Waals surface area contributed by atoms with Crippen LogP contribution in [-0.4, -0.2) is 17.5 Å². The van der Waals surface area contributed by atoms with E-state index in [-0.39, 0.29) is 5.78 Å². The van der Waals surface area contributed by atoms with Gasteiger partial charge in [0.2, 0.25) is 0 Å². The minimum atomic E-state index is -0.920. The Balaban J connectivity index is 3.13. The Morgan fingerprint density at radius 3 is 1.89 bits per heavy atom. The van der Waals surface area contributed by atoms with Crippen LogP contribution in [0.4, 0.5) is 0 Å². The molecule has 0 saturated carbocycles. The highest BCUT2D eigenvalue weighted by molar-refractivity contribution is 5.79. The average Bonchev–Trinajstić information content (AvgIpc) is 2.38. The number of hydrogen-bond acceptors (Lipinski definition) is 4. The molecule has 0 spiro atoms. The van der Waals surface area contributed by atoms with Gasteiger partial charge < -0.3 is 4.84 Å². The van der Waals surface area contributed by atoms with Crippen LogP contribution in [0.5, 0.6) is 0 Å². The first kappa shape index (κ1) is 17.9. The monoisotopic (exact) mass is 273 g/mol. The molecule has 0 aromatic rings. The molecular formula is C14H27NO4. The van der Waals surface area contributed by atoms with Gasteiger partial charge >= 0.3 is 0 Å². The van der Waals surface area contributed by atoms with Crippen LogP contribution >= 0.6 is 0 Å². The molecule has 0 aromatic heterocycles. The van der Waals surface area contributed by atoms with Gasteiger partial charge in [0.25, 0.3) is 5.09 Å². The van der Waals surface area contributed by atoms with E-state index >= 15 is 0 Å². The fraction of sp³-hybridized carbons (Fsp3) is 0.929. The van der Waals surface area contributed by atoms with Crippen molar-refractivity contribution < 1.29 is 14.7 Å². The third-order valence-electron chi connectivity index (χ3n) is 3.14. The van der Waals surface area contributed by atoms with Gasteiger partial charge in [-0.2, -0.15) is 0 Å². The molecule has 0 aliphatic carbocycles. The molecule has 0 fully saturated rings. The molecule has 0 unspecified atom stereocenters. The molecule has 0 aromatic carbocycles. The molecule has 5 heteroatoms. The summed E-state index contributed by atoms with van der Waals surface area (Å²) in [6.07, 6.45) is 12.5. The summed E-state index contributed by atoms with van der Waals surface area (Å²) in [5.74, 6) is -0.184. The van der Waals surface area contributed by atoms with Crippen LogP contribution in [0.2, 0.25) is 0 Å². The van der Waals surface area contributed by atoms with Crippen LogP contribution in [0.3, 0.4) is 0 Å². The van der Waals surface area contributed by atoms with E-state index in [1.165, 1.54) is 44.9 Å². The smallest absolute Gasteiger partial charge is 0.294 e. The summed E-state index contributed by atoms with van der Waals surface area (Å²) in [7, 11) is 0. The molecule has 0 rings (SSSR count).